The van der Waals surface area contributed by atoms with Crippen LogP contribution < -0.4 is 5.73 Å². The minimum atomic E-state index is -0.473. The van der Waals surface area contributed by atoms with E-state index in [-0.39, 0.29) is 11.5 Å². The van der Waals surface area contributed by atoms with E-state index < -0.39 is 5.82 Å². The zero-order valence-corrected chi connectivity index (χ0v) is 9.74. The van der Waals surface area contributed by atoms with Crippen LogP contribution in [-0.4, -0.2) is 23.9 Å². The van der Waals surface area contributed by atoms with E-state index in [0.717, 1.165) is 6.42 Å². The van der Waals surface area contributed by atoms with Gasteiger partial charge >= 0.3 is 0 Å². The van der Waals surface area contributed by atoms with Crippen LogP contribution in [0.1, 0.15) is 22.3 Å². The molecule has 0 atom stereocenters. The Kier molecular flexibility index (Phi) is 3.13. The van der Waals surface area contributed by atoms with Crippen LogP contribution in [0.25, 0.3) is 0 Å². The molecule has 1 aromatic carbocycles. The molecule has 17 heavy (non-hydrogen) atoms. The van der Waals surface area contributed by atoms with Crippen LogP contribution >= 0.6 is 0 Å². The normalized spacial score (nSPS) is 15.1. The highest BCUT2D eigenvalue weighted by Crippen LogP contribution is 2.19. The van der Waals surface area contributed by atoms with Gasteiger partial charge in [-0.1, -0.05) is 12.2 Å². The van der Waals surface area contributed by atoms with Gasteiger partial charge in [-0.05, 0) is 31.0 Å². The van der Waals surface area contributed by atoms with Crippen LogP contribution in [0.15, 0.2) is 24.3 Å². The number of benzene rings is 1. The van der Waals surface area contributed by atoms with Gasteiger partial charge in [0.2, 0.25) is 0 Å². The van der Waals surface area contributed by atoms with Crippen LogP contribution in [0.4, 0.5) is 10.1 Å². The van der Waals surface area contributed by atoms with E-state index in [9.17, 15) is 9.18 Å². The molecule has 0 saturated carbocycles. The first kappa shape index (κ1) is 11.6. The van der Waals surface area contributed by atoms with Gasteiger partial charge in [-0.25, -0.2) is 4.39 Å². The Morgan fingerprint density at radius 2 is 2.18 bits per heavy atom. The Balaban J connectivity index is 2.33. The van der Waals surface area contributed by atoms with Gasteiger partial charge in [-0.2, -0.15) is 0 Å². The maximum Gasteiger partial charge on any atom is 0.257 e. The van der Waals surface area contributed by atoms with Gasteiger partial charge in [0.25, 0.3) is 5.91 Å². The van der Waals surface area contributed by atoms with Gasteiger partial charge in [0, 0.05) is 18.8 Å². The molecule has 1 aromatic rings. The van der Waals surface area contributed by atoms with Crippen molar-refractivity contribution < 1.29 is 9.18 Å². The third kappa shape index (κ3) is 2.30. The second kappa shape index (κ2) is 4.57. The third-order valence-corrected chi connectivity index (χ3v) is 2.85. The molecule has 1 heterocycles. The Morgan fingerprint density at radius 3 is 2.82 bits per heavy atom. The summed E-state index contributed by atoms with van der Waals surface area (Å²) in [6, 6.07) is 2.94. The van der Waals surface area contributed by atoms with Gasteiger partial charge in [0.05, 0.1) is 5.56 Å². The fourth-order valence-electron chi connectivity index (χ4n) is 1.95. The Morgan fingerprint density at radius 1 is 1.41 bits per heavy atom. The highest BCUT2D eigenvalue weighted by atomic mass is 19.1. The third-order valence-electron chi connectivity index (χ3n) is 2.85. The smallest absolute Gasteiger partial charge is 0.257 e. The molecule has 3 nitrogen and oxygen atoms in total. The van der Waals surface area contributed by atoms with Crippen molar-refractivity contribution >= 4 is 11.6 Å². The van der Waals surface area contributed by atoms with E-state index in [0.29, 0.717) is 24.3 Å². The molecule has 90 valence electrons. The zero-order valence-electron chi connectivity index (χ0n) is 9.74. The Labute approximate surface area is 99.7 Å². The average molecular weight is 234 g/mol. The summed E-state index contributed by atoms with van der Waals surface area (Å²) in [4.78, 5) is 13.7. The van der Waals surface area contributed by atoms with Crippen molar-refractivity contribution in [2.24, 2.45) is 0 Å². The van der Waals surface area contributed by atoms with Crippen LogP contribution in [0.2, 0.25) is 0 Å². The van der Waals surface area contributed by atoms with E-state index in [4.69, 9.17) is 5.73 Å². The topological polar surface area (TPSA) is 46.3 Å². The number of halogens is 1. The molecule has 0 aromatic heterocycles. The Bertz CT molecular complexity index is 483. The molecule has 0 unspecified atom stereocenters. The quantitative estimate of drug-likeness (QED) is 0.597. The van der Waals surface area contributed by atoms with E-state index in [1.54, 1.807) is 11.8 Å². The average Bonchev–Trinajstić information content (AvgIpc) is 2.34. The predicted molar refractivity (Wildman–Crippen MR) is 65.2 cm³/mol. The minimum absolute atomic E-state index is 0.0674. The largest absolute Gasteiger partial charge is 0.399 e. The monoisotopic (exact) mass is 234 g/mol. The predicted octanol–water partition coefficient (Wildman–Crippen LogP) is 2.12. The molecule has 0 bridgehead atoms. The second-order valence-electron chi connectivity index (χ2n) is 4.21. The lowest BCUT2D eigenvalue weighted by Crippen LogP contribution is -2.34. The number of hydrogen-bond donors (Lipinski definition) is 1. The number of nitrogen functional groups attached to an aromatic ring is 1. The van der Waals surface area contributed by atoms with Gasteiger partial charge in [0.15, 0.2) is 0 Å². The highest BCUT2D eigenvalue weighted by Gasteiger charge is 2.20. The van der Waals surface area contributed by atoms with Crippen molar-refractivity contribution in [3.05, 3.63) is 41.2 Å². The number of carbonyl (C=O) groups excluding carboxylic acids is 1. The molecule has 1 aliphatic heterocycles. The molecular formula is C13H15FN2O. The first-order valence-electron chi connectivity index (χ1n) is 5.59. The van der Waals surface area contributed by atoms with E-state index in [1.165, 1.54) is 12.1 Å². The molecule has 1 aliphatic rings. The van der Waals surface area contributed by atoms with Crippen molar-refractivity contribution in [3.63, 3.8) is 0 Å². The summed E-state index contributed by atoms with van der Waals surface area (Å²) in [6.45, 7) is 2.77. The lowest BCUT2D eigenvalue weighted by atomic mass is 10.1. The first-order valence-corrected chi connectivity index (χ1v) is 5.59. The van der Waals surface area contributed by atoms with Gasteiger partial charge < -0.3 is 10.6 Å². The minimum Gasteiger partial charge on any atom is -0.399 e. The van der Waals surface area contributed by atoms with Crippen molar-refractivity contribution in [1.29, 1.82) is 0 Å². The summed E-state index contributed by atoms with van der Waals surface area (Å²) in [5.41, 5.74) is 6.53. The summed E-state index contributed by atoms with van der Waals surface area (Å²) in [5, 5.41) is 0. The SMILES string of the molecule is Cc1cc(N)cc(C(=O)N2CC=CCC2)c1F. The van der Waals surface area contributed by atoms with Crippen molar-refractivity contribution in [2.45, 2.75) is 13.3 Å². The number of amides is 1. The number of rotatable bonds is 1. The second-order valence-corrected chi connectivity index (χ2v) is 4.21. The van der Waals surface area contributed by atoms with E-state index >= 15 is 0 Å². The van der Waals surface area contributed by atoms with Crippen LogP contribution in [0.3, 0.4) is 0 Å². The summed E-state index contributed by atoms with van der Waals surface area (Å²) in [7, 11) is 0. The first-order chi connectivity index (χ1) is 8.09. The molecular weight excluding hydrogens is 219 g/mol. The standard InChI is InChI=1S/C13H15FN2O/c1-9-7-10(15)8-11(12(9)14)13(17)16-5-3-2-4-6-16/h2-3,7-8H,4-6,15H2,1H3. The number of hydrogen-bond acceptors (Lipinski definition) is 2. The van der Waals surface area contributed by atoms with E-state index in [2.05, 4.69) is 0 Å². The molecule has 2 N–H and O–H groups in total. The zero-order chi connectivity index (χ0) is 12.4. The van der Waals surface area contributed by atoms with Crippen LogP contribution in [0, 0.1) is 12.7 Å². The number of carbonyl (C=O) groups is 1. The van der Waals surface area contributed by atoms with Crippen molar-refractivity contribution in [3.8, 4) is 0 Å². The van der Waals surface area contributed by atoms with Gasteiger partial charge in [-0.15, -0.1) is 0 Å². The van der Waals surface area contributed by atoms with Crippen LogP contribution in [-0.2, 0) is 0 Å². The lowest BCUT2D eigenvalue weighted by Gasteiger charge is -2.24. The lowest BCUT2D eigenvalue weighted by molar-refractivity contribution is 0.0766. The Hall–Kier alpha value is -1.84. The van der Waals surface area contributed by atoms with Gasteiger partial charge in [-0.3, -0.25) is 4.79 Å². The molecule has 0 saturated heterocycles. The molecule has 0 fully saturated rings. The molecule has 4 heteroatoms. The number of nitrogens with zero attached hydrogens (tertiary/aromatic N) is 1. The summed E-state index contributed by atoms with van der Waals surface area (Å²) >= 11 is 0. The molecule has 0 radical (unpaired) electrons. The maximum atomic E-state index is 13.9. The molecule has 2 rings (SSSR count). The highest BCUT2D eigenvalue weighted by molar-refractivity contribution is 5.95. The van der Waals surface area contributed by atoms with Gasteiger partial charge in [0.1, 0.15) is 5.82 Å². The fourth-order valence-corrected chi connectivity index (χ4v) is 1.95. The molecule has 1 amide bonds. The number of aryl methyl sites for hydroxylation is 1. The summed E-state index contributed by atoms with van der Waals surface area (Å²) < 4.78 is 13.9. The summed E-state index contributed by atoms with van der Waals surface area (Å²) in [6.07, 6.45) is 4.75. The van der Waals surface area contributed by atoms with Crippen molar-refractivity contribution in [1.82, 2.24) is 4.90 Å². The summed E-state index contributed by atoms with van der Waals surface area (Å²) in [5.74, 6) is -0.763. The fraction of sp³-hybridized carbons (Fsp3) is 0.308. The molecule has 0 aliphatic carbocycles. The van der Waals surface area contributed by atoms with E-state index in [1.807, 2.05) is 12.2 Å². The maximum absolute atomic E-state index is 13.9. The van der Waals surface area contributed by atoms with Crippen LogP contribution in [0.5, 0.6) is 0 Å². The molecule has 0 spiro atoms. The number of nitrogens with two attached hydrogens (primary N) is 1. The van der Waals surface area contributed by atoms with Crippen molar-refractivity contribution in [2.75, 3.05) is 18.8 Å². The number of anilines is 1.